The monoisotopic (exact) mass is 219 g/mol. The number of aromatic hydroxyl groups is 1. The molecule has 0 aliphatic heterocycles. The maximum Gasteiger partial charge on any atom is 0.119 e. The summed E-state index contributed by atoms with van der Waals surface area (Å²) in [7, 11) is 1.64. The number of methoxy groups -OCH3 is 1. The quantitative estimate of drug-likeness (QED) is 0.816. The fourth-order valence-electron chi connectivity index (χ4n) is 2.80. The third-order valence-corrected chi connectivity index (χ3v) is 4.21. The smallest absolute Gasteiger partial charge is 0.119 e. The van der Waals surface area contributed by atoms with Crippen LogP contribution in [0.1, 0.15) is 31.2 Å². The number of benzene rings is 1. The lowest BCUT2D eigenvalue weighted by Crippen LogP contribution is -2.37. The van der Waals surface area contributed by atoms with E-state index in [1.54, 1.807) is 19.2 Å². The van der Waals surface area contributed by atoms with Gasteiger partial charge in [-0.3, -0.25) is 0 Å². The average molecular weight is 219 g/mol. The van der Waals surface area contributed by atoms with Crippen molar-refractivity contribution in [2.75, 3.05) is 7.11 Å². The molecule has 0 amide bonds. The predicted molar refractivity (Wildman–Crippen MR) is 61.7 cm³/mol. The van der Waals surface area contributed by atoms with Crippen molar-refractivity contribution in [3.05, 3.63) is 23.8 Å². The summed E-state index contributed by atoms with van der Waals surface area (Å²) >= 11 is 0. The van der Waals surface area contributed by atoms with Gasteiger partial charge in [-0.2, -0.15) is 0 Å². The van der Waals surface area contributed by atoms with Gasteiger partial charge in [0.2, 0.25) is 0 Å². The molecule has 2 aliphatic rings. The minimum absolute atomic E-state index is 0.0195. The van der Waals surface area contributed by atoms with Crippen LogP contribution in [0.5, 0.6) is 11.5 Å². The van der Waals surface area contributed by atoms with Gasteiger partial charge in [0.05, 0.1) is 7.11 Å². The lowest BCUT2D eigenvalue weighted by molar-refractivity contribution is 0.403. The number of phenols is 1. The zero-order valence-electron chi connectivity index (χ0n) is 9.49. The minimum Gasteiger partial charge on any atom is -0.508 e. The Hall–Kier alpha value is -1.22. The highest BCUT2D eigenvalue weighted by Gasteiger charge is 2.64. The van der Waals surface area contributed by atoms with Crippen LogP contribution < -0.4 is 10.5 Å². The third-order valence-electron chi connectivity index (χ3n) is 4.21. The van der Waals surface area contributed by atoms with E-state index in [2.05, 4.69) is 0 Å². The molecular formula is C13H17NO2. The SMILES string of the molecule is COc1ccc(O)c(C2(C3(N)CC3)CC2)c1. The largest absolute Gasteiger partial charge is 0.508 e. The molecule has 1 aromatic carbocycles. The lowest BCUT2D eigenvalue weighted by Gasteiger charge is -2.24. The minimum atomic E-state index is -0.0726. The molecule has 3 nitrogen and oxygen atoms in total. The summed E-state index contributed by atoms with van der Waals surface area (Å²) in [6.45, 7) is 0. The van der Waals surface area contributed by atoms with E-state index in [1.807, 2.05) is 6.07 Å². The Labute approximate surface area is 95.2 Å². The van der Waals surface area contributed by atoms with Crippen LogP contribution in [0.4, 0.5) is 0 Å². The number of rotatable bonds is 3. The molecule has 0 bridgehead atoms. The molecule has 0 aromatic heterocycles. The van der Waals surface area contributed by atoms with E-state index >= 15 is 0 Å². The van der Waals surface area contributed by atoms with Crippen molar-refractivity contribution in [2.24, 2.45) is 5.73 Å². The number of hydrogen-bond donors (Lipinski definition) is 2. The normalized spacial score (nSPS) is 23.9. The molecule has 0 heterocycles. The first-order chi connectivity index (χ1) is 7.61. The van der Waals surface area contributed by atoms with Crippen molar-refractivity contribution in [2.45, 2.75) is 36.6 Å². The molecule has 0 radical (unpaired) electrons. The second-order valence-corrected chi connectivity index (χ2v) is 5.12. The predicted octanol–water partition coefficient (Wildman–Crippen LogP) is 1.92. The first kappa shape index (κ1) is 9.97. The van der Waals surface area contributed by atoms with E-state index in [-0.39, 0.29) is 11.0 Å². The van der Waals surface area contributed by atoms with Crippen molar-refractivity contribution in [1.29, 1.82) is 0 Å². The Kier molecular flexibility index (Phi) is 1.82. The van der Waals surface area contributed by atoms with Gasteiger partial charge in [0.25, 0.3) is 0 Å². The Bertz CT molecular complexity index is 434. The zero-order valence-corrected chi connectivity index (χ0v) is 9.49. The summed E-state index contributed by atoms with van der Waals surface area (Å²) in [6, 6.07) is 5.43. The van der Waals surface area contributed by atoms with Crippen LogP contribution in [-0.2, 0) is 5.41 Å². The fourth-order valence-corrected chi connectivity index (χ4v) is 2.80. The summed E-state index contributed by atoms with van der Waals surface area (Å²) in [5, 5.41) is 9.99. The second-order valence-electron chi connectivity index (χ2n) is 5.12. The van der Waals surface area contributed by atoms with Gasteiger partial charge in [0.15, 0.2) is 0 Å². The summed E-state index contributed by atoms with van der Waals surface area (Å²) in [6.07, 6.45) is 4.32. The molecule has 16 heavy (non-hydrogen) atoms. The van der Waals surface area contributed by atoms with Crippen LogP contribution in [0.3, 0.4) is 0 Å². The van der Waals surface area contributed by atoms with E-state index in [9.17, 15) is 5.11 Å². The maximum absolute atomic E-state index is 9.99. The molecule has 0 unspecified atom stereocenters. The van der Waals surface area contributed by atoms with Crippen molar-refractivity contribution in [3.8, 4) is 11.5 Å². The number of nitrogens with two attached hydrogens (primary N) is 1. The molecule has 2 saturated carbocycles. The first-order valence-electron chi connectivity index (χ1n) is 5.78. The van der Waals surface area contributed by atoms with Gasteiger partial charge < -0.3 is 15.6 Å². The fraction of sp³-hybridized carbons (Fsp3) is 0.538. The van der Waals surface area contributed by atoms with Crippen molar-refractivity contribution >= 4 is 0 Å². The Morgan fingerprint density at radius 2 is 1.94 bits per heavy atom. The average Bonchev–Trinajstić information content (AvgIpc) is 3.15. The molecule has 2 fully saturated rings. The highest BCUT2D eigenvalue weighted by atomic mass is 16.5. The van der Waals surface area contributed by atoms with Crippen LogP contribution >= 0.6 is 0 Å². The third kappa shape index (κ3) is 1.18. The van der Waals surface area contributed by atoms with Crippen LogP contribution in [0.15, 0.2) is 18.2 Å². The van der Waals surface area contributed by atoms with Gasteiger partial charge in [-0.25, -0.2) is 0 Å². The van der Waals surface area contributed by atoms with E-state index in [1.165, 1.54) is 0 Å². The standard InChI is InChI=1S/C13H17NO2/c1-16-9-2-3-11(15)10(8-9)12(4-5-12)13(14)6-7-13/h2-3,8,15H,4-7,14H2,1H3. The molecule has 3 heteroatoms. The second kappa shape index (κ2) is 2.92. The van der Waals surface area contributed by atoms with Crippen LogP contribution in [0, 0.1) is 0 Å². The summed E-state index contributed by atoms with van der Waals surface area (Å²) < 4.78 is 5.21. The lowest BCUT2D eigenvalue weighted by atomic mass is 9.85. The summed E-state index contributed by atoms with van der Waals surface area (Å²) in [5.74, 6) is 1.15. The highest BCUT2D eigenvalue weighted by Crippen LogP contribution is 2.65. The van der Waals surface area contributed by atoms with Gasteiger partial charge >= 0.3 is 0 Å². The Morgan fingerprint density at radius 3 is 2.44 bits per heavy atom. The highest BCUT2D eigenvalue weighted by molar-refractivity contribution is 5.51. The van der Waals surface area contributed by atoms with Crippen molar-refractivity contribution in [3.63, 3.8) is 0 Å². The van der Waals surface area contributed by atoms with E-state index in [4.69, 9.17) is 10.5 Å². The number of ether oxygens (including phenoxy) is 1. The van der Waals surface area contributed by atoms with E-state index in [0.717, 1.165) is 37.0 Å². The molecular weight excluding hydrogens is 202 g/mol. The topological polar surface area (TPSA) is 55.5 Å². The Morgan fingerprint density at radius 1 is 1.25 bits per heavy atom. The van der Waals surface area contributed by atoms with Crippen molar-refractivity contribution < 1.29 is 9.84 Å². The molecule has 3 rings (SSSR count). The van der Waals surface area contributed by atoms with Crippen LogP contribution in [0.2, 0.25) is 0 Å². The van der Waals surface area contributed by atoms with Gasteiger partial charge in [-0.05, 0) is 43.9 Å². The van der Waals surface area contributed by atoms with Crippen LogP contribution in [0.25, 0.3) is 0 Å². The first-order valence-corrected chi connectivity index (χ1v) is 5.78. The molecule has 1 aromatic rings. The molecule has 2 aliphatic carbocycles. The summed E-state index contributed by atoms with van der Waals surface area (Å²) in [4.78, 5) is 0. The Balaban J connectivity index is 2.06. The van der Waals surface area contributed by atoms with Crippen molar-refractivity contribution in [1.82, 2.24) is 0 Å². The number of hydrogen-bond acceptors (Lipinski definition) is 3. The van der Waals surface area contributed by atoms with Gasteiger partial charge in [-0.15, -0.1) is 0 Å². The van der Waals surface area contributed by atoms with Gasteiger partial charge in [0, 0.05) is 16.5 Å². The zero-order chi connectivity index (χ0) is 11.4. The maximum atomic E-state index is 9.99. The number of phenolic OH excluding ortho intramolecular Hbond substituents is 1. The van der Waals surface area contributed by atoms with E-state index < -0.39 is 0 Å². The van der Waals surface area contributed by atoms with Crippen LogP contribution in [-0.4, -0.2) is 17.8 Å². The molecule has 86 valence electrons. The summed E-state index contributed by atoms with van der Waals surface area (Å²) in [5.41, 5.74) is 7.25. The molecule has 0 spiro atoms. The molecule has 3 N–H and O–H groups in total. The van der Waals surface area contributed by atoms with Gasteiger partial charge in [-0.1, -0.05) is 0 Å². The molecule has 0 atom stereocenters. The molecule has 0 saturated heterocycles. The van der Waals surface area contributed by atoms with E-state index in [0.29, 0.717) is 5.75 Å². The van der Waals surface area contributed by atoms with Gasteiger partial charge in [0.1, 0.15) is 11.5 Å².